The first-order valence-electron chi connectivity index (χ1n) is 6.07. The highest BCUT2D eigenvalue weighted by atomic mass is 79.9. The fraction of sp³-hybridized carbons (Fsp3) is 0.0625. The number of benzene rings is 2. The number of halogens is 3. The van der Waals surface area contributed by atoms with Crippen molar-refractivity contribution in [2.24, 2.45) is 0 Å². The van der Waals surface area contributed by atoms with Gasteiger partial charge >= 0.3 is 5.97 Å². The number of carbonyl (C=O) groups excluding carboxylic acids is 1. The zero-order chi connectivity index (χ0) is 15.4. The summed E-state index contributed by atoms with van der Waals surface area (Å²) in [5.74, 6) is -0.157. The van der Waals surface area contributed by atoms with Crippen molar-refractivity contribution in [1.29, 1.82) is 0 Å². The Morgan fingerprint density at radius 2 is 1.90 bits per heavy atom. The van der Waals surface area contributed by atoms with E-state index in [9.17, 15) is 4.79 Å². The van der Waals surface area contributed by atoms with Gasteiger partial charge in [0.05, 0.1) is 5.02 Å². The highest BCUT2D eigenvalue weighted by Gasteiger charge is 2.10. The van der Waals surface area contributed by atoms with Crippen LogP contribution in [0.25, 0.3) is 6.08 Å². The lowest BCUT2D eigenvalue weighted by Crippen LogP contribution is -2.05. The van der Waals surface area contributed by atoms with Gasteiger partial charge in [0.2, 0.25) is 0 Å². The Labute approximate surface area is 141 Å². The number of hydrogen-bond donors (Lipinski definition) is 0. The van der Waals surface area contributed by atoms with E-state index in [2.05, 4.69) is 15.9 Å². The van der Waals surface area contributed by atoms with Crippen molar-refractivity contribution >= 4 is 51.2 Å². The summed E-state index contributed by atoms with van der Waals surface area (Å²) in [6.45, 7) is 1.82. The normalized spacial score (nSPS) is 10.9. The van der Waals surface area contributed by atoms with Gasteiger partial charge < -0.3 is 4.74 Å². The highest BCUT2D eigenvalue weighted by Crippen LogP contribution is 2.32. The van der Waals surface area contributed by atoms with Gasteiger partial charge in [0.1, 0.15) is 0 Å². The molecule has 0 atom stereocenters. The Balaban J connectivity index is 2.15. The Bertz CT molecular complexity index is 688. The van der Waals surface area contributed by atoms with Crippen LogP contribution in [0.4, 0.5) is 0 Å². The molecule has 0 unspecified atom stereocenters. The molecule has 0 radical (unpaired) electrons. The molecule has 2 aromatic rings. The molecule has 0 heterocycles. The smallest absolute Gasteiger partial charge is 0.336 e. The molecule has 2 aromatic carbocycles. The summed E-state index contributed by atoms with van der Waals surface area (Å²) in [4.78, 5) is 11.9. The minimum Gasteiger partial charge on any atom is -0.421 e. The van der Waals surface area contributed by atoms with Crippen LogP contribution < -0.4 is 4.74 Å². The SMILES string of the molecule is Cc1cc(Br)cc(Cl)c1OC(=O)C=Cc1ccccc1Cl. The van der Waals surface area contributed by atoms with Gasteiger partial charge in [0.25, 0.3) is 0 Å². The van der Waals surface area contributed by atoms with Crippen molar-refractivity contribution in [3.8, 4) is 5.75 Å². The predicted octanol–water partition coefficient (Wildman–Crippen LogP) is 5.68. The van der Waals surface area contributed by atoms with E-state index in [0.717, 1.165) is 15.6 Å². The number of rotatable bonds is 3. The fourth-order valence-corrected chi connectivity index (χ4v) is 2.93. The second kappa shape index (κ2) is 7.12. The molecule has 0 N–H and O–H groups in total. The summed E-state index contributed by atoms with van der Waals surface area (Å²) >= 11 is 15.4. The largest absolute Gasteiger partial charge is 0.421 e. The van der Waals surface area contributed by atoms with Gasteiger partial charge in [0, 0.05) is 15.6 Å². The molecule has 2 rings (SSSR count). The van der Waals surface area contributed by atoms with E-state index >= 15 is 0 Å². The van der Waals surface area contributed by atoms with Gasteiger partial charge in [-0.15, -0.1) is 0 Å². The van der Waals surface area contributed by atoms with Crippen LogP contribution in [0.3, 0.4) is 0 Å². The van der Waals surface area contributed by atoms with Crippen molar-refractivity contribution in [1.82, 2.24) is 0 Å². The molecule has 0 aliphatic heterocycles. The van der Waals surface area contributed by atoms with Crippen molar-refractivity contribution < 1.29 is 9.53 Å². The number of hydrogen-bond acceptors (Lipinski definition) is 2. The monoisotopic (exact) mass is 384 g/mol. The summed E-state index contributed by atoms with van der Waals surface area (Å²) in [5, 5.41) is 0.945. The topological polar surface area (TPSA) is 26.3 Å². The minimum absolute atomic E-state index is 0.355. The average molecular weight is 386 g/mol. The molecular formula is C16H11BrCl2O2. The average Bonchev–Trinajstić information content (AvgIpc) is 2.42. The van der Waals surface area contributed by atoms with E-state index in [-0.39, 0.29) is 0 Å². The van der Waals surface area contributed by atoms with Crippen LogP contribution in [0.2, 0.25) is 10.0 Å². The fourth-order valence-electron chi connectivity index (χ4n) is 1.72. The van der Waals surface area contributed by atoms with Crippen LogP contribution in [0.15, 0.2) is 46.9 Å². The number of ether oxygens (including phenoxy) is 1. The second-order valence-electron chi connectivity index (χ2n) is 4.31. The third-order valence-corrected chi connectivity index (χ3v) is 3.78. The van der Waals surface area contributed by atoms with Crippen LogP contribution in [-0.2, 0) is 4.79 Å². The Morgan fingerprint density at radius 1 is 1.19 bits per heavy atom. The maximum atomic E-state index is 11.9. The molecule has 0 aliphatic carbocycles. The zero-order valence-electron chi connectivity index (χ0n) is 11.1. The van der Waals surface area contributed by atoms with Crippen LogP contribution in [-0.4, -0.2) is 5.97 Å². The summed E-state index contributed by atoms with van der Waals surface area (Å²) in [6, 6.07) is 10.7. The van der Waals surface area contributed by atoms with Gasteiger partial charge in [-0.05, 0) is 42.3 Å². The maximum absolute atomic E-state index is 11.9. The first-order valence-corrected chi connectivity index (χ1v) is 7.62. The van der Waals surface area contributed by atoms with E-state index < -0.39 is 5.97 Å². The van der Waals surface area contributed by atoms with Gasteiger partial charge in [-0.2, -0.15) is 0 Å². The molecule has 2 nitrogen and oxygen atoms in total. The second-order valence-corrected chi connectivity index (χ2v) is 6.04. The van der Waals surface area contributed by atoms with Crippen molar-refractivity contribution in [3.05, 3.63) is 68.1 Å². The molecule has 0 bridgehead atoms. The molecule has 21 heavy (non-hydrogen) atoms. The van der Waals surface area contributed by atoms with E-state index in [4.69, 9.17) is 27.9 Å². The molecule has 108 valence electrons. The Hall–Kier alpha value is -1.29. The van der Waals surface area contributed by atoms with E-state index in [1.165, 1.54) is 6.08 Å². The summed E-state index contributed by atoms with van der Waals surface area (Å²) in [5.41, 5.74) is 1.52. The van der Waals surface area contributed by atoms with Crippen LogP contribution in [0.1, 0.15) is 11.1 Å². The Morgan fingerprint density at radius 3 is 2.57 bits per heavy atom. The minimum atomic E-state index is -0.512. The Kier molecular flexibility index (Phi) is 5.45. The van der Waals surface area contributed by atoms with Crippen LogP contribution >= 0.6 is 39.1 Å². The van der Waals surface area contributed by atoms with Gasteiger partial charge in [-0.1, -0.05) is 57.3 Å². The van der Waals surface area contributed by atoms with Crippen molar-refractivity contribution in [2.45, 2.75) is 6.92 Å². The highest BCUT2D eigenvalue weighted by molar-refractivity contribution is 9.10. The number of esters is 1. The zero-order valence-corrected chi connectivity index (χ0v) is 14.2. The molecule has 0 aliphatic rings. The lowest BCUT2D eigenvalue weighted by atomic mass is 10.2. The molecule has 5 heteroatoms. The summed E-state index contributed by atoms with van der Waals surface area (Å²) in [7, 11) is 0. The predicted molar refractivity (Wildman–Crippen MR) is 90.0 cm³/mol. The lowest BCUT2D eigenvalue weighted by Gasteiger charge is -2.08. The number of aryl methyl sites for hydroxylation is 1. The molecular weight excluding hydrogens is 375 g/mol. The molecule has 0 saturated carbocycles. The van der Waals surface area contributed by atoms with Crippen LogP contribution in [0, 0.1) is 6.92 Å². The molecule has 0 saturated heterocycles. The molecule has 0 spiro atoms. The van der Waals surface area contributed by atoms with Gasteiger partial charge in [0.15, 0.2) is 5.75 Å². The molecule has 0 aromatic heterocycles. The standard InChI is InChI=1S/C16H11BrCl2O2/c1-10-8-12(17)9-14(19)16(10)21-15(20)7-6-11-4-2-3-5-13(11)18/h2-9H,1H3. The van der Waals surface area contributed by atoms with E-state index in [1.807, 2.05) is 31.2 Å². The summed E-state index contributed by atoms with van der Waals surface area (Å²) < 4.78 is 6.10. The third-order valence-electron chi connectivity index (χ3n) is 2.70. The van der Waals surface area contributed by atoms with Crippen molar-refractivity contribution in [2.75, 3.05) is 0 Å². The quantitative estimate of drug-likeness (QED) is 0.385. The van der Waals surface area contributed by atoms with Gasteiger partial charge in [-0.3, -0.25) is 0 Å². The van der Waals surface area contributed by atoms with E-state index in [1.54, 1.807) is 18.2 Å². The third kappa shape index (κ3) is 4.34. The number of carbonyl (C=O) groups is 1. The molecule has 0 amide bonds. The lowest BCUT2D eigenvalue weighted by molar-refractivity contribution is -0.128. The first kappa shape index (κ1) is 16.1. The van der Waals surface area contributed by atoms with Crippen LogP contribution in [0.5, 0.6) is 5.75 Å². The first-order chi connectivity index (χ1) is 9.97. The van der Waals surface area contributed by atoms with Gasteiger partial charge in [-0.25, -0.2) is 4.79 Å². The molecule has 0 fully saturated rings. The maximum Gasteiger partial charge on any atom is 0.336 e. The van der Waals surface area contributed by atoms with E-state index in [0.29, 0.717) is 15.8 Å². The van der Waals surface area contributed by atoms with Crippen molar-refractivity contribution in [3.63, 3.8) is 0 Å². The summed E-state index contributed by atoms with van der Waals surface area (Å²) in [6.07, 6.45) is 2.92.